The highest BCUT2D eigenvalue weighted by molar-refractivity contribution is 5.93. The minimum Gasteiger partial charge on any atom is -0.496 e. The van der Waals surface area contributed by atoms with E-state index in [2.05, 4.69) is 4.98 Å². The Bertz CT molecular complexity index is 1490. The predicted octanol–water partition coefficient (Wildman–Crippen LogP) is 4.77. The number of rotatable bonds is 10. The monoisotopic (exact) mass is 539 g/mol. The number of nitrogens with one attached hydrogen (secondary N) is 1. The summed E-state index contributed by atoms with van der Waals surface area (Å²) in [6.07, 6.45) is 2.18. The summed E-state index contributed by atoms with van der Waals surface area (Å²) in [5.41, 5.74) is 18.9. The molecule has 0 spiro atoms. The average molecular weight is 540 g/mol. The summed E-state index contributed by atoms with van der Waals surface area (Å²) in [6.45, 7) is 8.08. The van der Waals surface area contributed by atoms with Gasteiger partial charge in [-0.05, 0) is 80.1 Å². The number of aryl methyl sites for hydroxylation is 3. The summed E-state index contributed by atoms with van der Waals surface area (Å²) < 4.78 is 5.42. The highest BCUT2D eigenvalue weighted by Gasteiger charge is 2.29. The molecule has 2 atom stereocenters. The van der Waals surface area contributed by atoms with Crippen molar-refractivity contribution in [1.29, 1.82) is 0 Å². The smallest absolute Gasteiger partial charge is 0.248 e. The van der Waals surface area contributed by atoms with Crippen molar-refractivity contribution < 1.29 is 14.3 Å². The number of H-pyrrole nitrogens is 1. The lowest BCUT2D eigenvalue weighted by Gasteiger charge is -2.31. The molecule has 5 N–H and O–H groups in total. The first-order valence-corrected chi connectivity index (χ1v) is 13.3. The maximum Gasteiger partial charge on any atom is 0.248 e. The van der Waals surface area contributed by atoms with Gasteiger partial charge in [-0.25, -0.2) is 4.98 Å². The highest BCUT2D eigenvalue weighted by atomic mass is 16.5. The van der Waals surface area contributed by atoms with Gasteiger partial charge in [0, 0.05) is 23.9 Å². The zero-order chi connectivity index (χ0) is 29.0. The number of carbonyl (C=O) groups is 2. The Balaban J connectivity index is 1.65. The molecule has 4 aromatic rings. The second kappa shape index (κ2) is 12.2. The third-order valence-electron chi connectivity index (χ3n) is 7.35. The molecule has 0 aliphatic heterocycles. The standard InChI is InChI=1S/C32H37N5O3/c1-19-14-25(30(34)38)15-20(2)26(19)16-27(33)32(39)37(18-23-11-12-29(40-5)21(3)13-23)22(4)31-35-17-28(36-31)24-9-7-6-8-10-24/h6-15,17,22,27H,16,18,33H2,1-5H3,(H2,34,38)(H,35,36)/t22-,27-/m0/s1. The fourth-order valence-corrected chi connectivity index (χ4v) is 5.07. The van der Waals surface area contributed by atoms with Gasteiger partial charge in [-0.15, -0.1) is 0 Å². The van der Waals surface area contributed by atoms with E-state index in [1.807, 2.05) is 82.4 Å². The van der Waals surface area contributed by atoms with Crippen molar-refractivity contribution in [1.82, 2.24) is 14.9 Å². The molecule has 4 rings (SSSR count). The normalized spacial score (nSPS) is 12.6. The summed E-state index contributed by atoms with van der Waals surface area (Å²) in [5.74, 6) is 0.774. The van der Waals surface area contributed by atoms with Crippen LogP contribution in [0.5, 0.6) is 5.75 Å². The third-order valence-corrected chi connectivity index (χ3v) is 7.35. The Morgan fingerprint density at radius 2 is 1.68 bits per heavy atom. The van der Waals surface area contributed by atoms with Crippen molar-refractivity contribution in [2.75, 3.05) is 7.11 Å². The number of ether oxygens (including phenoxy) is 1. The van der Waals surface area contributed by atoms with Crippen molar-refractivity contribution in [2.45, 2.75) is 52.7 Å². The van der Waals surface area contributed by atoms with Crippen LogP contribution in [-0.4, -0.2) is 39.8 Å². The largest absolute Gasteiger partial charge is 0.496 e. The Morgan fingerprint density at radius 1 is 1.00 bits per heavy atom. The Morgan fingerprint density at radius 3 is 2.27 bits per heavy atom. The molecule has 2 amide bonds. The van der Waals surface area contributed by atoms with Gasteiger partial charge in [0.25, 0.3) is 0 Å². The Hall–Kier alpha value is -4.43. The van der Waals surface area contributed by atoms with Crippen LogP contribution < -0.4 is 16.2 Å². The van der Waals surface area contributed by atoms with E-state index in [0.29, 0.717) is 24.4 Å². The number of methoxy groups -OCH3 is 1. The molecule has 0 aliphatic carbocycles. The molecule has 0 fully saturated rings. The van der Waals surface area contributed by atoms with Crippen LogP contribution in [0.1, 0.15) is 57.0 Å². The molecule has 208 valence electrons. The van der Waals surface area contributed by atoms with E-state index in [4.69, 9.17) is 21.2 Å². The third kappa shape index (κ3) is 6.24. The maximum absolute atomic E-state index is 14.0. The van der Waals surface area contributed by atoms with E-state index in [9.17, 15) is 9.59 Å². The number of nitrogens with zero attached hydrogens (tertiary/aromatic N) is 2. The summed E-state index contributed by atoms with van der Waals surface area (Å²) in [6, 6.07) is 18.1. The van der Waals surface area contributed by atoms with Crippen LogP contribution in [0.25, 0.3) is 11.3 Å². The summed E-state index contributed by atoms with van der Waals surface area (Å²) in [5, 5.41) is 0. The molecule has 1 aromatic heterocycles. The van der Waals surface area contributed by atoms with E-state index in [1.54, 1.807) is 24.1 Å². The number of primary amides is 1. The van der Waals surface area contributed by atoms with Gasteiger partial charge in [-0.2, -0.15) is 0 Å². The van der Waals surface area contributed by atoms with Gasteiger partial charge in [-0.1, -0.05) is 42.5 Å². The molecule has 0 radical (unpaired) electrons. The fraction of sp³-hybridized carbons (Fsp3) is 0.281. The first-order chi connectivity index (χ1) is 19.1. The number of aromatic nitrogens is 2. The van der Waals surface area contributed by atoms with Gasteiger partial charge < -0.3 is 26.1 Å². The van der Waals surface area contributed by atoms with Crippen LogP contribution in [0.15, 0.2) is 66.9 Å². The van der Waals surface area contributed by atoms with Crippen molar-refractivity contribution in [3.05, 3.63) is 106 Å². The molecule has 8 nitrogen and oxygen atoms in total. The summed E-state index contributed by atoms with van der Waals surface area (Å²) in [4.78, 5) is 35.6. The lowest BCUT2D eigenvalue weighted by atomic mass is 9.93. The maximum atomic E-state index is 14.0. The first-order valence-electron chi connectivity index (χ1n) is 13.3. The van der Waals surface area contributed by atoms with Crippen LogP contribution in [0.3, 0.4) is 0 Å². The number of hydrogen-bond donors (Lipinski definition) is 3. The number of nitrogens with two attached hydrogens (primary N) is 2. The molecule has 0 unspecified atom stereocenters. The van der Waals surface area contributed by atoms with Crippen LogP contribution in [0.4, 0.5) is 0 Å². The molecule has 0 aliphatic rings. The van der Waals surface area contributed by atoms with Crippen molar-refractivity contribution in [3.8, 4) is 17.0 Å². The lowest BCUT2D eigenvalue weighted by molar-refractivity contribution is -0.135. The summed E-state index contributed by atoms with van der Waals surface area (Å²) >= 11 is 0. The lowest BCUT2D eigenvalue weighted by Crippen LogP contribution is -2.46. The van der Waals surface area contributed by atoms with Crippen molar-refractivity contribution in [3.63, 3.8) is 0 Å². The minimum absolute atomic E-state index is 0.198. The van der Waals surface area contributed by atoms with Gasteiger partial charge in [0.15, 0.2) is 0 Å². The number of amides is 2. The number of aromatic amines is 1. The first kappa shape index (κ1) is 28.6. The molecular formula is C32H37N5O3. The number of carbonyl (C=O) groups excluding carboxylic acids is 2. The van der Waals surface area contributed by atoms with Gasteiger partial charge in [0.2, 0.25) is 11.8 Å². The summed E-state index contributed by atoms with van der Waals surface area (Å²) in [7, 11) is 1.64. The van der Waals surface area contributed by atoms with Crippen LogP contribution in [0.2, 0.25) is 0 Å². The highest BCUT2D eigenvalue weighted by Crippen LogP contribution is 2.27. The minimum atomic E-state index is -0.804. The molecule has 40 heavy (non-hydrogen) atoms. The van der Waals surface area contributed by atoms with Crippen molar-refractivity contribution >= 4 is 11.8 Å². The van der Waals surface area contributed by atoms with Gasteiger partial charge >= 0.3 is 0 Å². The van der Waals surface area contributed by atoms with E-state index in [-0.39, 0.29) is 11.9 Å². The number of imidazole rings is 1. The molecule has 8 heteroatoms. The van der Waals surface area contributed by atoms with Gasteiger partial charge in [-0.3, -0.25) is 9.59 Å². The average Bonchev–Trinajstić information content (AvgIpc) is 3.44. The zero-order valence-electron chi connectivity index (χ0n) is 23.7. The second-order valence-electron chi connectivity index (χ2n) is 10.2. The molecule has 0 saturated carbocycles. The van der Waals surface area contributed by atoms with Crippen molar-refractivity contribution in [2.24, 2.45) is 11.5 Å². The van der Waals surface area contributed by atoms with E-state index >= 15 is 0 Å². The van der Waals surface area contributed by atoms with Crippen LogP contribution >= 0.6 is 0 Å². The molecule has 0 bridgehead atoms. The van der Waals surface area contributed by atoms with Crippen LogP contribution in [0, 0.1) is 20.8 Å². The Labute approximate surface area is 235 Å². The topological polar surface area (TPSA) is 127 Å². The number of benzene rings is 3. The zero-order valence-corrected chi connectivity index (χ0v) is 23.7. The Kier molecular flexibility index (Phi) is 8.70. The number of hydrogen-bond acceptors (Lipinski definition) is 5. The molecule has 1 heterocycles. The van der Waals surface area contributed by atoms with Gasteiger partial charge in [0.1, 0.15) is 11.6 Å². The second-order valence-corrected chi connectivity index (χ2v) is 10.2. The van der Waals surface area contributed by atoms with Gasteiger partial charge in [0.05, 0.1) is 24.9 Å². The molecule has 0 saturated heterocycles. The fourth-order valence-electron chi connectivity index (χ4n) is 5.07. The van der Waals surface area contributed by atoms with E-state index < -0.39 is 11.9 Å². The quantitative estimate of drug-likeness (QED) is 0.268. The van der Waals surface area contributed by atoms with E-state index in [1.165, 1.54) is 0 Å². The SMILES string of the molecule is COc1ccc(CN(C(=O)[C@@H](N)Cc2c(C)cc(C(N)=O)cc2C)[C@@H](C)c2nc(-c3ccccc3)c[nH]2)cc1C. The molecule has 3 aromatic carbocycles. The van der Waals surface area contributed by atoms with E-state index in [0.717, 1.165) is 44.8 Å². The molecular weight excluding hydrogens is 502 g/mol. The predicted molar refractivity (Wildman–Crippen MR) is 157 cm³/mol. The van der Waals surface area contributed by atoms with Crippen LogP contribution in [-0.2, 0) is 17.8 Å².